The molecule has 66 heavy (non-hydrogen) atoms. The predicted molar refractivity (Wildman–Crippen MR) is 273 cm³/mol. The van der Waals surface area contributed by atoms with Crippen molar-refractivity contribution in [1.82, 2.24) is 19.5 Å². The van der Waals surface area contributed by atoms with Gasteiger partial charge in [-0.3, -0.25) is 4.57 Å². The Morgan fingerprint density at radius 2 is 1.21 bits per heavy atom. The van der Waals surface area contributed by atoms with E-state index >= 15 is 0 Å². The van der Waals surface area contributed by atoms with Crippen molar-refractivity contribution in [2.75, 3.05) is 4.90 Å². The fourth-order valence-corrected chi connectivity index (χ4v) is 11.6. The van der Waals surface area contributed by atoms with Crippen LogP contribution in [0.4, 0.5) is 17.1 Å². The number of benzene rings is 8. The van der Waals surface area contributed by atoms with Gasteiger partial charge in [-0.1, -0.05) is 154 Å². The summed E-state index contributed by atoms with van der Waals surface area (Å²) >= 11 is 0. The molecule has 0 saturated carbocycles. The maximum atomic E-state index is 5.52. The molecule has 1 aliphatic heterocycles. The van der Waals surface area contributed by atoms with Crippen molar-refractivity contribution in [2.45, 2.75) is 32.6 Å². The van der Waals surface area contributed by atoms with Crippen LogP contribution in [-0.4, -0.2) is 19.5 Å². The summed E-state index contributed by atoms with van der Waals surface area (Å²) in [5.41, 5.74) is 20.7. The summed E-state index contributed by atoms with van der Waals surface area (Å²) in [6.45, 7) is 7.03. The van der Waals surface area contributed by atoms with Crippen molar-refractivity contribution in [3.63, 3.8) is 0 Å². The Hall–Kier alpha value is -8.15. The number of hydrogen-bond donors (Lipinski definition) is 0. The smallest absolute Gasteiger partial charge is 0.235 e. The number of anilines is 3. The van der Waals surface area contributed by atoms with Gasteiger partial charge in [0.25, 0.3) is 0 Å². The van der Waals surface area contributed by atoms with E-state index in [1.165, 1.54) is 49.7 Å². The zero-order chi connectivity index (χ0) is 43.8. The molecule has 4 heterocycles. The summed E-state index contributed by atoms with van der Waals surface area (Å²) in [5.74, 6) is 1.09. The first kappa shape index (κ1) is 37.2. The Bertz CT molecular complexity index is 3910. The van der Waals surface area contributed by atoms with E-state index in [9.17, 15) is 0 Å². The number of fused-ring (bicyclic) bond motifs is 11. The SMILES string of the molecule is CC1C=Cc2c(c3cc(-c4ccc5c(c4)-c4nc6ccccc6c6cccc(c46)N5c4cccc5c4-c4ccccc4C5(C)C)ccc3n2-c2nc(-c3ccccc3)c3ccccc3n2)C1. The highest BCUT2D eigenvalue weighted by Gasteiger charge is 2.39. The number of pyridine rings is 1. The van der Waals surface area contributed by atoms with E-state index in [0.29, 0.717) is 11.9 Å². The van der Waals surface area contributed by atoms with Crippen LogP contribution in [-0.2, 0) is 11.8 Å². The van der Waals surface area contributed by atoms with Gasteiger partial charge in [-0.05, 0) is 106 Å². The number of hydrogen-bond acceptors (Lipinski definition) is 4. The average molecular weight is 846 g/mol. The topological polar surface area (TPSA) is 46.8 Å². The van der Waals surface area contributed by atoms with Crippen LogP contribution in [0.25, 0.3) is 100 Å². The number of rotatable bonds is 4. The summed E-state index contributed by atoms with van der Waals surface area (Å²) in [6.07, 6.45) is 5.54. The van der Waals surface area contributed by atoms with E-state index in [-0.39, 0.29) is 5.41 Å². The molecule has 0 saturated heterocycles. The number of para-hydroxylation sites is 2. The third kappa shape index (κ3) is 5.19. The molecule has 3 aromatic heterocycles. The number of nitrogens with zero attached hydrogens (tertiary/aromatic N) is 5. The van der Waals surface area contributed by atoms with Crippen molar-refractivity contribution in [2.24, 2.45) is 5.92 Å². The molecule has 1 atom stereocenters. The monoisotopic (exact) mass is 845 g/mol. The summed E-state index contributed by atoms with van der Waals surface area (Å²) in [7, 11) is 0. The van der Waals surface area contributed by atoms with E-state index in [4.69, 9.17) is 15.0 Å². The molecular weight excluding hydrogens is 803 g/mol. The van der Waals surface area contributed by atoms with Gasteiger partial charge >= 0.3 is 0 Å². The summed E-state index contributed by atoms with van der Waals surface area (Å²) in [6, 6.07) is 64.0. The summed E-state index contributed by atoms with van der Waals surface area (Å²) in [5, 5.41) is 5.83. The van der Waals surface area contributed by atoms with Crippen LogP contribution in [0.15, 0.2) is 182 Å². The van der Waals surface area contributed by atoms with Gasteiger partial charge in [-0.15, -0.1) is 0 Å². The predicted octanol–water partition coefficient (Wildman–Crippen LogP) is 15.6. The molecule has 8 aromatic carbocycles. The molecule has 312 valence electrons. The quantitative estimate of drug-likeness (QED) is 0.166. The molecule has 0 fully saturated rings. The lowest BCUT2D eigenvalue weighted by atomic mass is 9.82. The van der Waals surface area contributed by atoms with Crippen LogP contribution in [0.3, 0.4) is 0 Å². The maximum Gasteiger partial charge on any atom is 0.235 e. The third-order valence-electron chi connectivity index (χ3n) is 14.7. The van der Waals surface area contributed by atoms with Gasteiger partial charge in [0.1, 0.15) is 0 Å². The summed E-state index contributed by atoms with van der Waals surface area (Å²) in [4.78, 5) is 18.6. The highest BCUT2D eigenvalue weighted by atomic mass is 15.2. The summed E-state index contributed by atoms with van der Waals surface area (Å²) < 4.78 is 2.28. The van der Waals surface area contributed by atoms with Crippen LogP contribution in [0.2, 0.25) is 0 Å². The lowest BCUT2D eigenvalue weighted by molar-refractivity contribution is 0.660. The number of allylic oxidation sites excluding steroid dienone is 1. The van der Waals surface area contributed by atoms with Gasteiger partial charge in [0, 0.05) is 43.7 Å². The highest BCUT2D eigenvalue weighted by Crippen LogP contribution is 2.58. The molecule has 11 aromatic rings. The second-order valence-corrected chi connectivity index (χ2v) is 18.8. The lowest BCUT2D eigenvalue weighted by Gasteiger charge is -2.35. The molecule has 0 bridgehead atoms. The van der Waals surface area contributed by atoms with Crippen molar-refractivity contribution in [3.05, 3.63) is 204 Å². The van der Waals surface area contributed by atoms with Crippen LogP contribution in [0.5, 0.6) is 0 Å². The van der Waals surface area contributed by atoms with E-state index in [0.717, 1.165) is 84.5 Å². The Balaban J connectivity index is 0.990. The molecular formula is C61H43N5. The van der Waals surface area contributed by atoms with Crippen molar-refractivity contribution >= 4 is 66.6 Å². The normalized spacial score (nSPS) is 15.3. The van der Waals surface area contributed by atoms with Crippen LogP contribution in [0, 0.1) is 5.92 Å². The first-order chi connectivity index (χ1) is 32.4. The average Bonchev–Trinajstić information content (AvgIpc) is 3.81. The molecule has 0 amide bonds. The minimum atomic E-state index is -0.124. The van der Waals surface area contributed by atoms with E-state index < -0.39 is 0 Å². The molecule has 2 aliphatic carbocycles. The van der Waals surface area contributed by atoms with Crippen LogP contribution >= 0.6 is 0 Å². The Morgan fingerprint density at radius 1 is 0.515 bits per heavy atom. The van der Waals surface area contributed by atoms with Gasteiger partial charge in [-0.25, -0.2) is 15.0 Å². The Morgan fingerprint density at radius 3 is 2.09 bits per heavy atom. The largest absolute Gasteiger partial charge is 0.308 e. The molecule has 5 heteroatoms. The van der Waals surface area contributed by atoms with Gasteiger partial charge in [0.2, 0.25) is 5.95 Å². The first-order valence-corrected chi connectivity index (χ1v) is 23.1. The highest BCUT2D eigenvalue weighted by molar-refractivity contribution is 6.21. The molecule has 0 radical (unpaired) electrons. The van der Waals surface area contributed by atoms with Crippen molar-refractivity contribution in [3.8, 4) is 50.7 Å². The fourth-order valence-electron chi connectivity index (χ4n) is 11.6. The molecule has 0 spiro atoms. The number of aromatic nitrogens is 4. The zero-order valence-electron chi connectivity index (χ0n) is 36.9. The van der Waals surface area contributed by atoms with Gasteiger partial charge in [-0.2, -0.15) is 0 Å². The van der Waals surface area contributed by atoms with Gasteiger partial charge < -0.3 is 4.90 Å². The minimum Gasteiger partial charge on any atom is -0.308 e. The molecule has 0 N–H and O–H groups in total. The Labute approximate surface area is 383 Å². The second kappa shape index (κ2) is 13.7. The minimum absolute atomic E-state index is 0.124. The molecule has 5 nitrogen and oxygen atoms in total. The zero-order valence-corrected chi connectivity index (χ0v) is 36.9. The first-order valence-electron chi connectivity index (χ1n) is 23.1. The second-order valence-electron chi connectivity index (χ2n) is 18.8. The maximum absolute atomic E-state index is 5.52. The van der Waals surface area contributed by atoms with Crippen molar-refractivity contribution < 1.29 is 0 Å². The van der Waals surface area contributed by atoms with E-state index in [2.05, 4.69) is 218 Å². The van der Waals surface area contributed by atoms with Crippen LogP contribution in [0.1, 0.15) is 43.2 Å². The standard InChI is InChI=1S/C61H43N5/c1-36-27-30-51-44(33-36)45-34-38(28-31-52(45)66(51)60-63-50-24-12-9-19-43(50)58(64-60)37-15-5-4-6-16-37)39-29-32-53-46(35-39)59-57-41(40-17-8-11-23-49(40)62-59)20-13-25-55(57)65(53)54-26-14-22-48-56(54)42-18-7-10-21-47(42)61(48,2)3/h4-32,34-36H,33H2,1-3H3. The fraction of sp³-hybridized carbons (Fsp3) is 0.0984. The molecule has 1 unspecified atom stereocenters. The Kier molecular flexibility index (Phi) is 7.72. The van der Waals surface area contributed by atoms with Gasteiger partial charge in [0.05, 0.1) is 50.7 Å². The third-order valence-corrected chi connectivity index (χ3v) is 14.7. The van der Waals surface area contributed by atoms with Crippen LogP contribution < -0.4 is 4.90 Å². The molecule has 3 aliphatic rings. The van der Waals surface area contributed by atoms with E-state index in [1.807, 2.05) is 0 Å². The lowest BCUT2D eigenvalue weighted by Crippen LogP contribution is -2.18. The van der Waals surface area contributed by atoms with Gasteiger partial charge in [0.15, 0.2) is 0 Å². The van der Waals surface area contributed by atoms with Crippen molar-refractivity contribution in [1.29, 1.82) is 0 Å². The van der Waals surface area contributed by atoms with E-state index in [1.54, 1.807) is 0 Å². The molecule has 14 rings (SSSR count).